The van der Waals surface area contributed by atoms with Crippen molar-refractivity contribution >= 4 is 11.5 Å². The lowest BCUT2D eigenvalue weighted by atomic mass is 10.1. The van der Waals surface area contributed by atoms with E-state index >= 15 is 0 Å². The summed E-state index contributed by atoms with van der Waals surface area (Å²) < 4.78 is 37.4. The van der Waals surface area contributed by atoms with Gasteiger partial charge in [-0.2, -0.15) is 13.2 Å². The number of hydrogen-bond acceptors (Lipinski definition) is 2. The van der Waals surface area contributed by atoms with Crippen LogP contribution in [0.25, 0.3) is 0 Å². The molecule has 0 fully saturated rings. The van der Waals surface area contributed by atoms with Crippen molar-refractivity contribution in [2.45, 2.75) is 6.18 Å². The first kappa shape index (κ1) is 11.4. The quantitative estimate of drug-likeness (QED) is 0.524. The van der Waals surface area contributed by atoms with E-state index in [0.717, 1.165) is 6.07 Å². The molecule has 15 heavy (non-hydrogen) atoms. The molecule has 3 nitrogen and oxygen atoms in total. The molecule has 0 saturated carbocycles. The number of nitrogens with two attached hydrogens (primary N) is 1. The van der Waals surface area contributed by atoms with E-state index in [1.165, 1.54) is 12.1 Å². The maximum absolute atomic E-state index is 12.5. The molecule has 0 bridgehead atoms. The Morgan fingerprint density at radius 1 is 1.40 bits per heavy atom. The van der Waals surface area contributed by atoms with E-state index in [1.54, 1.807) is 7.05 Å². The van der Waals surface area contributed by atoms with Crippen LogP contribution in [0.3, 0.4) is 0 Å². The lowest BCUT2D eigenvalue weighted by Crippen LogP contribution is -2.19. The number of nitrogens with one attached hydrogen (secondary N) is 2. The normalized spacial score (nSPS) is 11.2. The van der Waals surface area contributed by atoms with Crippen molar-refractivity contribution in [1.29, 1.82) is 5.41 Å². The molecule has 0 aliphatic heterocycles. The largest absolute Gasteiger partial charge is 0.417 e. The molecular weight excluding hydrogens is 207 g/mol. The highest BCUT2D eigenvalue weighted by molar-refractivity contribution is 5.97. The Morgan fingerprint density at radius 3 is 2.40 bits per heavy atom. The summed E-state index contributed by atoms with van der Waals surface area (Å²) in [5.41, 5.74) is 4.36. The predicted molar refractivity (Wildman–Crippen MR) is 52.0 cm³/mol. The van der Waals surface area contributed by atoms with Gasteiger partial charge in [0, 0.05) is 18.3 Å². The number of amidine groups is 1. The van der Waals surface area contributed by atoms with Crippen LogP contribution in [0.4, 0.5) is 18.9 Å². The molecule has 4 N–H and O–H groups in total. The number of alkyl halides is 3. The molecule has 1 rings (SSSR count). The Kier molecular flexibility index (Phi) is 2.88. The summed E-state index contributed by atoms with van der Waals surface area (Å²) in [7, 11) is 1.58. The SMILES string of the molecule is CNc1ccc(C(F)(F)F)c(C(=N)N)c1. The van der Waals surface area contributed by atoms with Gasteiger partial charge >= 0.3 is 6.18 Å². The molecule has 6 heteroatoms. The second-order valence-electron chi connectivity index (χ2n) is 2.92. The molecule has 0 aliphatic carbocycles. The van der Waals surface area contributed by atoms with Crippen LogP contribution in [-0.4, -0.2) is 12.9 Å². The number of halogens is 3. The summed E-state index contributed by atoms with van der Waals surface area (Å²) in [6.07, 6.45) is -4.49. The topological polar surface area (TPSA) is 61.9 Å². The number of benzene rings is 1. The fourth-order valence-corrected chi connectivity index (χ4v) is 1.17. The number of rotatable bonds is 2. The van der Waals surface area contributed by atoms with Crippen LogP contribution in [0.1, 0.15) is 11.1 Å². The fraction of sp³-hybridized carbons (Fsp3) is 0.222. The van der Waals surface area contributed by atoms with Crippen LogP contribution in [0.2, 0.25) is 0 Å². The molecule has 0 saturated heterocycles. The Labute approximate surface area is 84.6 Å². The first-order chi connectivity index (χ1) is 6.86. The lowest BCUT2D eigenvalue weighted by Gasteiger charge is -2.13. The summed E-state index contributed by atoms with van der Waals surface area (Å²) in [5.74, 6) is -0.598. The summed E-state index contributed by atoms with van der Waals surface area (Å²) >= 11 is 0. The summed E-state index contributed by atoms with van der Waals surface area (Å²) in [4.78, 5) is 0. The molecule has 0 heterocycles. The summed E-state index contributed by atoms with van der Waals surface area (Å²) in [5, 5.41) is 9.76. The molecule has 1 aromatic rings. The van der Waals surface area contributed by atoms with Gasteiger partial charge in [-0.3, -0.25) is 5.41 Å². The van der Waals surface area contributed by atoms with Crippen molar-refractivity contribution in [2.24, 2.45) is 5.73 Å². The van der Waals surface area contributed by atoms with E-state index in [-0.39, 0.29) is 5.56 Å². The van der Waals surface area contributed by atoms with Gasteiger partial charge in [0.25, 0.3) is 0 Å². The highest BCUT2D eigenvalue weighted by Gasteiger charge is 2.33. The Balaban J connectivity index is 3.34. The zero-order valence-electron chi connectivity index (χ0n) is 7.94. The smallest absolute Gasteiger partial charge is 0.388 e. The van der Waals surface area contributed by atoms with Crippen LogP contribution < -0.4 is 11.1 Å². The van der Waals surface area contributed by atoms with Gasteiger partial charge in [-0.25, -0.2) is 0 Å². The van der Waals surface area contributed by atoms with Gasteiger partial charge in [-0.05, 0) is 18.2 Å². The Bertz CT molecular complexity index is 385. The van der Waals surface area contributed by atoms with Gasteiger partial charge < -0.3 is 11.1 Å². The minimum absolute atomic E-state index is 0.311. The molecule has 0 amide bonds. The third-order valence-corrected chi connectivity index (χ3v) is 1.90. The van der Waals surface area contributed by atoms with Crippen LogP contribution in [0.15, 0.2) is 18.2 Å². The van der Waals surface area contributed by atoms with Crippen molar-refractivity contribution in [1.82, 2.24) is 0 Å². The molecule has 82 valence electrons. The minimum Gasteiger partial charge on any atom is -0.388 e. The first-order valence-electron chi connectivity index (χ1n) is 4.09. The van der Waals surface area contributed by atoms with E-state index in [9.17, 15) is 13.2 Å². The molecular formula is C9H10F3N3. The van der Waals surface area contributed by atoms with Gasteiger partial charge in [0.05, 0.1) is 5.56 Å². The standard InChI is InChI=1S/C9H10F3N3/c1-15-5-2-3-7(9(10,11)12)6(4-5)8(13)14/h2-4,15H,1H3,(H3,13,14). The van der Waals surface area contributed by atoms with E-state index < -0.39 is 17.6 Å². The van der Waals surface area contributed by atoms with E-state index in [0.29, 0.717) is 5.69 Å². The molecule has 0 unspecified atom stereocenters. The lowest BCUT2D eigenvalue weighted by molar-refractivity contribution is -0.137. The predicted octanol–water partition coefficient (Wildman–Crippen LogP) is 2.03. The third-order valence-electron chi connectivity index (χ3n) is 1.90. The monoisotopic (exact) mass is 217 g/mol. The third kappa shape index (κ3) is 2.39. The second-order valence-corrected chi connectivity index (χ2v) is 2.92. The minimum atomic E-state index is -4.49. The Morgan fingerprint density at radius 2 is 2.00 bits per heavy atom. The van der Waals surface area contributed by atoms with Gasteiger partial charge in [0.1, 0.15) is 5.84 Å². The van der Waals surface area contributed by atoms with Gasteiger partial charge in [-0.15, -0.1) is 0 Å². The maximum atomic E-state index is 12.5. The van der Waals surface area contributed by atoms with E-state index in [4.69, 9.17) is 11.1 Å². The zero-order valence-corrected chi connectivity index (χ0v) is 7.94. The Hall–Kier alpha value is -1.72. The molecule has 0 atom stereocenters. The highest BCUT2D eigenvalue weighted by atomic mass is 19.4. The van der Waals surface area contributed by atoms with E-state index in [2.05, 4.69) is 5.32 Å². The molecule has 0 aromatic heterocycles. The number of nitrogen functional groups attached to an aromatic ring is 1. The molecule has 1 aromatic carbocycles. The number of anilines is 1. The average Bonchev–Trinajstić information content (AvgIpc) is 2.15. The summed E-state index contributed by atoms with van der Waals surface area (Å²) in [6.45, 7) is 0. The van der Waals surface area contributed by atoms with Crippen molar-refractivity contribution in [3.05, 3.63) is 29.3 Å². The van der Waals surface area contributed by atoms with Crippen LogP contribution in [0.5, 0.6) is 0 Å². The molecule has 0 radical (unpaired) electrons. The zero-order chi connectivity index (χ0) is 11.6. The number of hydrogen-bond donors (Lipinski definition) is 3. The van der Waals surface area contributed by atoms with Crippen LogP contribution in [-0.2, 0) is 6.18 Å². The van der Waals surface area contributed by atoms with Crippen LogP contribution in [0, 0.1) is 5.41 Å². The highest BCUT2D eigenvalue weighted by Crippen LogP contribution is 2.33. The summed E-state index contributed by atoms with van der Waals surface area (Å²) in [6, 6.07) is 3.39. The van der Waals surface area contributed by atoms with Crippen molar-refractivity contribution in [2.75, 3.05) is 12.4 Å². The van der Waals surface area contributed by atoms with Crippen molar-refractivity contribution in [3.8, 4) is 0 Å². The molecule has 0 aliphatic rings. The first-order valence-corrected chi connectivity index (χ1v) is 4.09. The van der Waals surface area contributed by atoms with Crippen LogP contribution >= 0.6 is 0 Å². The maximum Gasteiger partial charge on any atom is 0.417 e. The van der Waals surface area contributed by atoms with E-state index in [1.807, 2.05) is 0 Å². The van der Waals surface area contributed by atoms with Gasteiger partial charge in [0.2, 0.25) is 0 Å². The average molecular weight is 217 g/mol. The van der Waals surface area contributed by atoms with Gasteiger partial charge in [-0.1, -0.05) is 0 Å². The van der Waals surface area contributed by atoms with Gasteiger partial charge in [0.15, 0.2) is 0 Å². The van der Waals surface area contributed by atoms with Crippen molar-refractivity contribution < 1.29 is 13.2 Å². The molecule has 0 spiro atoms. The second kappa shape index (κ2) is 3.80. The fourth-order valence-electron chi connectivity index (χ4n) is 1.17. The van der Waals surface area contributed by atoms with Crippen molar-refractivity contribution in [3.63, 3.8) is 0 Å².